The number of benzene rings is 6. The second-order valence-electron chi connectivity index (χ2n) is 15.8. The summed E-state index contributed by atoms with van der Waals surface area (Å²) in [4.78, 5) is 13.7. The number of rotatable bonds is 3. The minimum Gasteiger partial charge on any atom is -0.278 e. The molecule has 1 atom stereocenters. The van der Waals surface area contributed by atoms with Gasteiger partial charge in [0.2, 0.25) is 5.95 Å². The van der Waals surface area contributed by atoms with Crippen LogP contribution < -0.4 is 0 Å². The van der Waals surface area contributed by atoms with Gasteiger partial charge in [-0.2, -0.15) is 0 Å². The van der Waals surface area contributed by atoms with Gasteiger partial charge in [-0.15, -0.1) is 11.3 Å². The van der Waals surface area contributed by atoms with Gasteiger partial charge in [0, 0.05) is 36.2 Å². The summed E-state index contributed by atoms with van der Waals surface area (Å²) in [7, 11) is 0. The molecule has 3 nitrogen and oxygen atoms in total. The number of fused-ring (bicyclic) bond motifs is 15. The number of para-hydroxylation sites is 1. The molecule has 0 N–H and O–H groups in total. The standard InChI is InChI=1S/C53H35N3S2/c1-2-14-32(15-3-1)33-26-28-34(29-27-33)48-51-49(38-19-7-12-24-45(38)57-51)55-52(54-48)56-43-23-11-6-18-37(43)47-44(56)31-30-42-50(47)58-46-25-13-10-22-41(46)53(42)39-20-8-4-16-35(39)36-17-5-9-21-40(36)53/h2,4,6-16,18-31H,1,3,5,17H2. The van der Waals surface area contributed by atoms with Gasteiger partial charge < -0.3 is 0 Å². The van der Waals surface area contributed by atoms with E-state index in [9.17, 15) is 0 Å². The number of hydrogen-bond acceptors (Lipinski definition) is 4. The van der Waals surface area contributed by atoms with Crippen molar-refractivity contribution >= 4 is 76.4 Å². The molecular formula is C53H35N3S2. The van der Waals surface area contributed by atoms with Crippen molar-refractivity contribution < 1.29 is 0 Å². The van der Waals surface area contributed by atoms with E-state index < -0.39 is 5.41 Å². The van der Waals surface area contributed by atoms with Crippen molar-refractivity contribution in [3.05, 3.63) is 197 Å². The average Bonchev–Trinajstić information content (AvgIpc) is 3.94. The highest BCUT2D eigenvalue weighted by molar-refractivity contribution is 7.99. The van der Waals surface area contributed by atoms with E-state index in [0.29, 0.717) is 5.95 Å². The van der Waals surface area contributed by atoms with Crippen molar-refractivity contribution in [2.45, 2.75) is 40.9 Å². The molecule has 1 aliphatic heterocycles. The summed E-state index contributed by atoms with van der Waals surface area (Å²) in [6.45, 7) is 0. The zero-order chi connectivity index (χ0) is 38.0. The Morgan fingerprint density at radius 1 is 0.603 bits per heavy atom. The minimum atomic E-state index is -0.398. The van der Waals surface area contributed by atoms with Crippen LogP contribution in [0, 0.1) is 0 Å². The van der Waals surface area contributed by atoms with E-state index >= 15 is 0 Å². The highest BCUT2D eigenvalue weighted by atomic mass is 32.2. The SMILES string of the molecule is C1=CC(c2ccc(-c3nc(-n4c5ccccc5c5c6c(ccc54)C4(C5=C(CCC=C5)c5ccccc54)c4ccccc4S6)nc4c3sc3ccccc34)cc2)=CCC1. The molecule has 9 aromatic rings. The fourth-order valence-electron chi connectivity index (χ4n) is 10.4. The van der Waals surface area contributed by atoms with Crippen LogP contribution in [0.5, 0.6) is 0 Å². The normalized spacial score (nSPS) is 18.0. The van der Waals surface area contributed by atoms with E-state index in [1.54, 1.807) is 11.3 Å². The van der Waals surface area contributed by atoms with Gasteiger partial charge in [-0.1, -0.05) is 151 Å². The molecule has 4 aliphatic rings. The van der Waals surface area contributed by atoms with Gasteiger partial charge in [0.05, 0.1) is 32.4 Å². The molecular weight excluding hydrogens is 743 g/mol. The molecule has 1 unspecified atom stereocenters. The number of hydrogen-bond donors (Lipinski definition) is 0. The third kappa shape index (κ3) is 4.41. The quantitative estimate of drug-likeness (QED) is 0.179. The topological polar surface area (TPSA) is 30.7 Å². The van der Waals surface area contributed by atoms with Crippen LogP contribution in [-0.4, -0.2) is 14.5 Å². The molecule has 0 saturated heterocycles. The zero-order valence-corrected chi connectivity index (χ0v) is 33.2. The first-order chi connectivity index (χ1) is 28.8. The fourth-order valence-corrected chi connectivity index (χ4v) is 12.9. The second-order valence-corrected chi connectivity index (χ2v) is 17.9. The summed E-state index contributed by atoms with van der Waals surface area (Å²) in [6, 6.07) is 49.6. The van der Waals surface area contributed by atoms with Gasteiger partial charge in [0.25, 0.3) is 0 Å². The molecule has 3 aliphatic carbocycles. The molecule has 58 heavy (non-hydrogen) atoms. The highest BCUT2D eigenvalue weighted by Crippen LogP contribution is 2.64. The molecule has 1 spiro atoms. The van der Waals surface area contributed by atoms with Crippen molar-refractivity contribution in [1.82, 2.24) is 14.5 Å². The predicted octanol–water partition coefficient (Wildman–Crippen LogP) is 14.3. The molecule has 0 fully saturated rings. The van der Waals surface area contributed by atoms with E-state index in [-0.39, 0.29) is 0 Å². The summed E-state index contributed by atoms with van der Waals surface area (Å²) in [5.41, 5.74) is 15.9. The maximum atomic E-state index is 5.56. The Hall–Kier alpha value is -6.27. The van der Waals surface area contributed by atoms with E-state index in [1.165, 1.54) is 75.2 Å². The highest BCUT2D eigenvalue weighted by Gasteiger charge is 2.51. The van der Waals surface area contributed by atoms with Crippen molar-refractivity contribution in [2.24, 2.45) is 0 Å². The minimum absolute atomic E-state index is 0.398. The summed E-state index contributed by atoms with van der Waals surface area (Å²) in [5, 5.41) is 3.64. The van der Waals surface area contributed by atoms with Crippen LogP contribution in [0.25, 0.3) is 70.5 Å². The Labute approximate surface area is 344 Å². The van der Waals surface area contributed by atoms with Crippen molar-refractivity contribution in [3.63, 3.8) is 0 Å². The lowest BCUT2D eigenvalue weighted by molar-refractivity contribution is 0.716. The lowest BCUT2D eigenvalue weighted by Gasteiger charge is -2.41. The van der Waals surface area contributed by atoms with Crippen LogP contribution in [0.1, 0.15) is 53.5 Å². The summed E-state index contributed by atoms with van der Waals surface area (Å²) < 4.78 is 4.66. The molecule has 4 heterocycles. The van der Waals surface area contributed by atoms with Crippen LogP contribution in [0.3, 0.4) is 0 Å². The van der Waals surface area contributed by atoms with Gasteiger partial charge in [-0.05, 0) is 94.5 Å². The van der Waals surface area contributed by atoms with Gasteiger partial charge >= 0.3 is 0 Å². The summed E-state index contributed by atoms with van der Waals surface area (Å²) in [6.07, 6.45) is 16.0. The summed E-state index contributed by atoms with van der Waals surface area (Å²) >= 11 is 3.71. The Kier molecular flexibility index (Phi) is 6.99. The fraction of sp³-hybridized carbons (Fsp3) is 0.0943. The van der Waals surface area contributed by atoms with Crippen LogP contribution >= 0.6 is 23.1 Å². The maximum Gasteiger partial charge on any atom is 0.235 e. The molecule has 0 bridgehead atoms. The molecule has 6 aromatic carbocycles. The van der Waals surface area contributed by atoms with Crippen molar-refractivity contribution in [3.8, 4) is 17.2 Å². The zero-order valence-electron chi connectivity index (χ0n) is 31.6. The lowest BCUT2D eigenvalue weighted by atomic mass is 9.66. The Morgan fingerprint density at radius 2 is 1.38 bits per heavy atom. The number of aromatic nitrogens is 3. The second kappa shape index (κ2) is 12.4. The number of nitrogens with zero attached hydrogens (tertiary/aromatic N) is 3. The monoisotopic (exact) mass is 777 g/mol. The molecule has 0 saturated carbocycles. The Morgan fingerprint density at radius 3 is 2.28 bits per heavy atom. The first-order valence-corrected chi connectivity index (χ1v) is 21.9. The Bertz CT molecular complexity index is 3370. The molecule has 274 valence electrons. The molecule has 13 rings (SSSR count). The van der Waals surface area contributed by atoms with Crippen LogP contribution in [0.2, 0.25) is 0 Å². The first-order valence-electron chi connectivity index (χ1n) is 20.3. The maximum absolute atomic E-state index is 5.56. The third-order valence-electron chi connectivity index (χ3n) is 12.8. The average molecular weight is 778 g/mol. The summed E-state index contributed by atoms with van der Waals surface area (Å²) in [5.74, 6) is 0.696. The molecule has 3 aromatic heterocycles. The van der Waals surface area contributed by atoms with Crippen molar-refractivity contribution in [1.29, 1.82) is 0 Å². The van der Waals surface area contributed by atoms with Gasteiger partial charge in [0.15, 0.2) is 0 Å². The van der Waals surface area contributed by atoms with Gasteiger partial charge in [-0.3, -0.25) is 4.57 Å². The van der Waals surface area contributed by atoms with Crippen LogP contribution in [0.4, 0.5) is 0 Å². The smallest absolute Gasteiger partial charge is 0.235 e. The van der Waals surface area contributed by atoms with Crippen LogP contribution in [-0.2, 0) is 5.41 Å². The Balaban J connectivity index is 1.10. The lowest BCUT2D eigenvalue weighted by Crippen LogP contribution is -2.33. The molecule has 0 amide bonds. The van der Waals surface area contributed by atoms with Gasteiger partial charge in [-0.25, -0.2) is 9.97 Å². The van der Waals surface area contributed by atoms with Crippen LogP contribution in [0.15, 0.2) is 179 Å². The third-order valence-corrected chi connectivity index (χ3v) is 15.2. The van der Waals surface area contributed by atoms with E-state index in [0.717, 1.165) is 58.2 Å². The molecule has 0 radical (unpaired) electrons. The first kappa shape index (κ1) is 32.8. The van der Waals surface area contributed by atoms with E-state index in [4.69, 9.17) is 9.97 Å². The predicted molar refractivity (Wildman–Crippen MR) is 243 cm³/mol. The molecule has 5 heteroatoms. The van der Waals surface area contributed by atoms with Gasteiger partial charge in [0.1, 0.15) is 0 Å². The largest absolute Gasteiger partial charge is 0.278 e. The van der Waals surface area contributed by atoms with Crippen molar-refractivity contribution in [2.75, 3.05) is 0 Å². The number of allylic oxidation sites excluding steroid dienone is 8. The van der Waals surface area contributed by atoms with E-state index in [2.05, 4.69) is 168 Å². The van der Waals surface area contributed by atoms with E-state index in [1.807, 2.05) is 11.8 Å². The number of thiophene rings is 1.